The third-order valence-electron chi connectivity index (χ3n) is 5.79. The summed E-state index contributed by atoms with van der Waals surface area (Å²) in [6, 6.07) is 15.1. The summed E-state index contributed by atoms with van der Waals surface area (Å²) < 4.78 is 37.7. The number of aliphatic hydroxyl groups excluding tert-OH is 1. The highest BCUT2D eigenvalue weighted by Gasteiger charge is 2.46. The van der Waals surface area contributed by atoms with Gasteiger partial charge in [0, 0.05) is 23.7 Å². The van der Waals surface area contributed by atoms with E-state index >= 15 is 0 Å². The minimum atomic E-state index is -3.40. The minimum Gasteiger partial charge on any atom is -0.487 e. The van der Waals surface area contributed by atoms with Crippen molar-refractivity contribution in [3.8, 4) is 5.75 Å². The smallest absolute Gasteiger partial charge is 0.229 e. The lowest BCUT2D eigenvalue weighted by Crippen LogP contribution is -2.47. The summed E-state index contributed by atoms with van der Waals surface area (Å²) in [7, 11) is -3.40. The van der Waals surface area contributed by atoms with E-state index < -0.39 is 16.1 Å². The van der Waals surface area contributed by atoms with Gasteiger partial charge in [-0.1, -0.05) is 30.3 Å². The Morgan fingerprint density at radius 1 is 1.19 bits per heavy atom. The highest BCUT2D eigenvalue weighted by Crippen LogP contribution is 2.47. The number of hydrogen-bond donors (Lipinski definition) is 3. The van der Waals surface area contributed by atoms with Gasteiger partial charge in [-0.25, -0.2) is 8.42 Å². The molecule has 0 unspecified atom stereocenters. The standard InChI is InChI=1S/C23H28N2O6S/c1-32(28,29)25-16-7-8-20-18(11-16)19-12-17(30-21(14-26)23(19)31-20)13-22(27)24-10-9-15-5-3-2-4-6-15/h2-8,11,17,19,21,23,25-26H,9-10,12-14H2,1H3,(H,24,27)/t17-,19-,21+,23+/m0/s1. The van der Waals surface area contributed by atoms with Crippen LogP contribution in [0.5, 0.6) is 5.75 Å². The average molecular weight is 461 g/mol. The largest absolute Gasteiger partial charge is 0.487 e. The van der Waals surface area contributed by atoms with Crippen molar-refractivity contribution in [2.45, 2.75) is 43.5 Å². The molecule has 8 nitrogen and oxygen atoms in total. The number of nitrogens with one attached hydrogen (secondary N) is 2. The summed E-state index contributed by atoms with van der Waals surface area (Å²) >= 11 is 0. The maximum absolute atomic E-state index is 12.5. The molecule has 3 N–H and O–H groups in total. The van der Waals surface area contributed by atoms with Crippen LogP contribution in [0.4, 0.5) is 5.69 Å². The molecule has 32 heavy (non-hydrogen) atoms. The summed E-state index contributed by atoms with van der Waals surface area (Å²) in [5.41, 5.74) is 2.47. The van der Waals surface area contributed by atoms with Crippen molar-refractivity contribution in [3.05, 3.63) is 59.7 Å². The van der Waals surface area contributed by atoms with Gasteiger partial charge in [0.1, 0.15) is 18.0 Å². The lowest BCUT2D eigenvalue weighted by molar-refractivity contribution is -0.142. The lowest BCUT2D eigenvalue weighted by atomic mass is 9.84. The van der Waals surface area contributed by atoms with Crippen molar-refractivity contribution in [1.29, 1.82) is 0 Å². The fraction of sp³-hybridized carbons (Fsp3) is 0.435. The summed E-state index contributed by atoms with van der Waals surface area (Å²) in [6.07, 6.45) is 1.27. The van der Waals surface area contributed by atoms with Gasteiger partial charge >= 0.3 is 0 Å². The van der Waals surface area contributed by atoms with E-state index in [1.54, 1.807) is 18.2 Å². The Hall–Kier alpha value is -2.62. The van der Waals surface area contributed by atoms with Crippen LogP contribution in [-0.4, -0.2) is 57.2 Å². The SMILES string of the molecule is CS(=O)(=O)Nc1ccc2c(c1)[C@@H]1C[C@@H](CC(=O)NCCc3ccccc3)O[C@H](CO)[C@@H]1O2. The van der Waals surface area contributed by atoms with Gasteiger partial charge in [-0.05, 0) is 36.6 Å². The molecule has 172 valence electrons. The first kappa shape index (κ1) is 22.6. The zero-order chi connectivity index (χ0) is 22.7. The number of ether oxygens (including phenoxy) is 2. The van der Waals surface area contributed by atoms with Crippen molar-refractivity contribution in [2.24, 2.45) is 0 Å². The average Bonchev–Trinajstić information content (AvgIpc) is 3.11. The Morgan fingerprint density at radius 2 is 1.97 bits per heavy atom. The van der Waals surface area contributed by atoms with Gasteiger partial charge in [-0.2, -0.15) is 0 Å². The highest BCUT2D eigenvalue weighted by atomic mass is 32.2. The van der Waals surface area contributed by atoms with E-state index in [9.17, 15) is 18.3 Å². The third kappa shape index (κ3) is 5.40. The Labute approximate surface area is 188 Å². The number of hydrogen-bond acceptors (Lipinski definition) is 6. The van der Waals surface area contributed by atoms with Crippen molar-refractivity contribution in [2.75, 3.05) is 24.1 Å². The van der Waals surface area contributed by atoms with Crippen LogP contribution in [0.1, 0.15) is 29.9 Å². The second-order valence-electron chi connectivity index (χ2n) is 8.32. The van der Waals surface area contributed by atoms with Crippen molar-refractivity contribution in [3.63, 3.8) is 0 Å². The van der Waals surface area contributed by atoms with Crippen LogP contribution in [0.3, 0.4) is 0 Å². The lowest BCUT2D eigenvalue weighted by Gasteiger charge is -2.37. The first-order valence-corrected chi connectivity index (χ1v) is 12.6. The molecular weight excluding hydrogens is 432 g/mol. The molecule has 1 amide bonds. The van der Waals surface area contributed by atoms with Crippen LogP contribution >= 0.6 is 0 Å². The van der Waals surface area contributed by atoms with E-state index in [2.05, 4.69) is 10.0 Å². The molecule has 0 saturated carbocycles. The fourth-order valence-corrected chi connectivity index (χ4v) is 4.99. The van der Waals surface area contributed by atoms with Gasteiger partial charge in [-0.15, -0.1) is 0 Å². The number of rotatable bonds is 8. The van der Waals surface area contributed by atoms with E-state index in [1.165, 1.54) is 0 Å². The molecule has 0 aromatic heterocycles. The van der Waals surface area contributed by atoms with Gasteiger partial charge in [0.2, 0.25) is 15.9 Å². The second kappa shape index (κ2) is 9.48. The van der Waals surface area contributed by atoms with Crippen molar-refractivity contribution in [1.82, 2.24) is 5.32 Å². The Bertz CT molecular complexity index is 1060. The Morgan fingerprint density at radius 3 is 2.69 bits per heavy atom. The van der Waals surface area contributed by atoms with Gasteiger partial charge in [-0.3, -0.25) is 9.52 Å². The molecule has 0 aliphatic carbocycles. The summed E-state index contributed by atoms with van der Waals surface area (Å²) in [5.74, 6) is 0.445. The van der Waals surface area contributed by atoms with Crippen LogP contribution in [0.25, 0.3) is 0 Å². The van der Waals surface area contributed by atoms with Gasteiger partial charge in [0.15, 0.2) is 0 Å². The molecule has 4 atom stereocenters. The number of fused-ring (bicyclic) bond motifs is 3. The number of aliphatic hydroxyl groups is 1. The van der Waals surface area contributed by atoms with Crippen LogP contribution in [0.2, 0.25) is 0 Å². The first-order valence-electron chi connectivity index (χ1n) is 10.7. The molecule has 1 fully saturated rings. The molecule has 4 rings (SSSR count). The number of sulfonamides is 1. The maximum atomic E-state index is 12.5. The molecule has 1 saturated heterocycles. The van der Waals surface area contributed by atoms with Crippen LogP contribution < -0.4 is 14.8 Å². The number of anilines is 1. The molecule has 0 radical (unpaired) electrons. The van der Waals surface area contributed by atoms with E-state index in [1.807, 2.05) is 30.3 Å². The first-order chi connectivity index (χ1) is 15.3. The quantitative estimate of drug-likeness (QED) is 0.554. The van der Waals surface area contributed by atoms with Crippen LogP contribution in [0.15, 0.2) is 48.5 Å². The summed E-state index contributed by atoms with van der Waals surface area (Å²) in [4.78, 5) is 12.5. The summed E-state index contributed by atoms with van der Waals surface area (Å²) in [6.45, 7) is 0.313. The molecule has 2 aliphatic heterocycles. The Balaban J connectivity index is 1.40. The van der Waals surface area contributed by atoms with Gasteiger partial charge in [0.25, 0.3) is 0 Å². The molecular formula is C23H28N2O6S. The molecule has 2 aromatic carbocycles. The Kier molecular flexibility index (Phi) is 6.68. The zero-order valence-electron chi connectivity index (χ0n) is 17.9. The fourth-order valence-electron chi connectivity index (χ4n) is 4.44. The predicted molar refractivity (Wildman–Crippen MR) is 120 cm³/mol. The molecule has 2 aromatic rings. The van der Waals surface area contributed by atoms with E-state index in [0.29, 0.717) is 24.4 Å². The molecule has 9 heteroatoms. The van der Waals surface area contributed by atoms with Gasteiger partial charge < -0.3 is 19.9 Å². The number of carbonyl (C=O) groups is 1. The van der Waals surface area contributed by atoms with E-state index in [4.69, 9.17) is 9.47 Å². The van der Waals surface area contributed by atoms with Crippen LogP contribution in [-0.2, 0) is 26.0 Å². The zero-order valence-corrected chi connectivity index (χ0v) is 18.7. The second-order valence-corrected chi connectivity index (χ2v) is 10.1. The number of carbonyl (C=O) groups excluding carboxylic acids is 1. The van der Waals surface area contributed by atoms with Crippen molar-refractivity contribution >= 4 is 21.6 Å². The summed E-state index contributed by atoms with van der Waals surface area (Å²) in [5, 5.41) is 12.8. The molecule has 0 spiro atoms. The molecule has 2 aliphatic rings. The van der Waals surface area contributed by atoms with E-state index in [0.717, 1.165) is 23.8 Å². The van der Waals surface area contributed by atoms with Gasteiger partial charge in [0.05, 0.1) is 25.4 Å². The number of benzene rings is 2. The predicted octanol–water partition coefficient (Wildman–Crippen LogP) is 1.80. The third-order valence-corrected chi connectivity index (χ3v) is 6.40. The van der Waals surface area contributed by atoms with E-state index in [-0.39, 0.29) is 37.1 Å². The number of amides is 1. The van der Waals surface area contributed by atoms with Crippen molar-refractivity contribution < 1.29 is 27.8 Å². The minimum absolute atomic E-state index is 0.0978. The molecule has 0 bridgehead atoms. The highest BCUT2D eigenvalue weighted by molar-refractivity contribution is 7.92. The maximum Gasteiger partial charge on any atom is 0.229 e. The normalized spacial score (nSPS) is 24.2. The van der Waals surface area contributed by atoms with Crippen LogP contribution in [0, 0.1) is 0 Å². The monoisotopic (exact) mass is 460 g/mol. The topological polar surface area (TPSA) is 114 Å². The molecule has 2 heterocycles.